The van der Waals surface area contributed by atoms with Gasteiger partial charge < -0.3 is 4.42 Å². The van der Waals surface area contributed by atoms with Crippen LogP contribution in [-0.4, -0.2) is 24.5 Å². The molecule has 2 aromatic heterocycles. The van der Waals surface area contributed by atoms with Crippen LogP contribution in [0.5, 0.6) is 0 Å². The maximum atomic E-state index is 12.6. The first-order valence-corrected chi connectivity index (χ1v) is 12.4. The fraction of sp³-hybridized carbons (Fsp3) is 0.0952. The summed E-state index contributed by atoms with van der Waals surface area (Å²) in [6, 6.07) is 18.7. The minimum Gasteiger partial charge on any atom is -0.439 e. The normalized spacial score (nSPS) is 11.4. The molecular formula is C21H17N3O4S3. The lowest BCUT2D eigenvalue weighted by atomic mass is 10.2. The fourth-order valence-corrected chi connectivity index (χ4v) is 5.51. The first-order chi connectivity index (χ1) is 14.9. The van der Waals surface area contributed by atoms with Gasteiger partial charge in [-0.15, -0.1) is 10.2 Å². The van der Waals surface area contributed by atoms with Crippen molar-refractivity contribution in [2.45, 2.75) is 27.0 Å². The number of aryl methyl sites for hydroxylation is 1. The predicted molar refractivity (Wildman–Crippen MR) is 119 cm³/mol. The third-order valence-electron chi connectivity index (χ3n) is 4.23. The summed E-state index contributed by atoms with van der Waals surface area (Å²) in [6.45, 7) is 2.04. The van der Waals surface area contributed by atoms with E-state index in [0.717, 1.165) is 5.75 Å². The zero-order chi connectivity index (χ0) is 21.8. The highest BCUT2D eigenvalue weighted by Gasteiger charge is 2.23. The fourth-order valence-electron chi connectivity index (χ4n) is 2.61. The molecule has 0 aliphatic carbocycles. The molecule has 0 radical (unpaired) electrons. The Hall–Kier alpha value is -2.95. The number of hydrogen-bond acceptors (Lipinski definition) is 8. The molecule has 2 heterocycles. The lowest BCUT2D eigenvalue weighted by Crippen LogP contribution is -2.10. The largest absolute Gasteiger partial charge is 0.439 e. The van der Waals surface area contributed by atoms with Crippen LogP contribution in [0.4, 0.5) is 5.13 Å². The third kappa shape index (κ3) is 5.04. The molecule has 2 aromatic carbocycles. The van der Waals surface area contributed by atoms with Gasteiger partial charge in [-0.1, -0.05) is 71.1 Å². The van der Waals surface area contributed by atoms with E-state index < -0.39 is 15.7 Å². The van der Waals surface area contributed by atoms with E-state index in [1.54, 1.807) is 18.2 Å². The van der Waals surface area contributed by atoms with Crippen LogP contribution in [-0.2, 0) is 15.6 Å². The number of amides is 1. The molecule has 1 N–H and O–H groups in total. The second kappa shape index (κ2) is 9.04. The maximum absolute atomic E-state index is 12.6. The summed E-state index contributed by atoms with van der Waals surface area (Å²) in [5.41, 5.74) is 2.37. The van der Waals surface area contributed by atoms with E-state index in [4.69, 9.17) is 4.42 Å². The minimum absolute atomic E-state index is 0.0932. The summed E-state index contributed by atoms with van der Waals surface area (Å²) >= 11 is 2.76. The van der Waals surface area contributed by atoms with E-state index in [1.165, 1.54) is 58.5 Å². The van der Waals surface area contributed by atoms with Gasteiger partial charge in [0.25, 0.3) is 5.91 Å². The Morgan fingerprint density at radius 1 is 1.03 bits per heavy atom. The number of aromatic nitrogens is 2. The van der Waals surface area contributed by atoms with Crippen molar-refractivity contribution in [2.24, 2.45) is 0 Å². The van der Waals surface area contributed by atoms with Gasteiger partial charge in [-0.05, 0) is 36.8 Å². The standard InChI is InChI=1S/C21H17N3O4S3/c1-14-7-9-15(10-8-14)13-29-21-24-23-20(30-21)22-19(25)17-11-12-18(28-17)31(26,27)16-5-3-2-4-6-16/h2-12H,13H2,1H3,(H,22,23,25). The van der Waals surface area contributed by atoms with Gasteiger partial charge >= 0.3 is 0 Å². The number of anilines is 1. The Morgan fingerprint density at radius 3 is 2.52 bits per heavy atom. The number of nitrogens with one attached hydrogen (secondary N) is 1. The lowest BCUT2D eigenvalue weighted by molar-refractivity contribution is 0.0991. The zero-order valence-electron chi connectivity index (χ0n) is 16.3. The Labute approximate surface area is 187 Å². The van der Waals surface area contributed by atoms with Gasteiger partial charge in [0, 0.05) is 5.75 Å². The van der Waals surface area contributed by atoms with Crippen LogP contribution in [0.1, 0.15) is 21.7 Å². The zero-order valence-corrected chi connectivity index (χ0v) is 18.8. The Balaban J connectivity index is 1.40. The number of carbonyl (C=O) groups excluding carboxylic acids is 1. The summed E-state index contributed by atoms with van der Waals surface area (Å²) in [6.07, 6.45) is 0. The summed E-state index contributed by atoms with van der Waals surface area (Å²) in [5.74, 6) is 0.0150. The topological polar surface area (TPSA) is 102 Å². The number of rotatable bonds is 7. The van der Waals surface area contributed by atoms with Gasteiger partial charge in [0.2, 0.25) is 20.1 Å². The van der Waals surface area contributed by atoms with Crippen molar-refractivity contribution >= 4 is 44.0 Å². The van der Waals surface area contributed by atoms with E-state index in [2.05, 4.69) is 39.8 Å². The van der Waals surface area contributed by atoms with E-state index >= 15 is 0 Å². The number of carbonyl (C=O) groups is 1. The minimum atomic E-state index is -3.83. The highest BCUT2D eigenvalue weighted by atomic mass is 32.2. The molecule has 0 aliphatic rings. The molecule has 31 heavy (non-hydrogen) atoms. The number of hydrogen-bond donors (Lipinski definition) is 1. The van der Waals surface area contributed by atoms with E-state index in [1.807, 2.05) is 6.92 Å². The maximum Gasteiger partial charge on any atom is 0.293 e. The van der Waals surface area contributed by atoms with Gasteiger partial charge in [-0.3, -0.25) is 10.1 Å². The summed E-state index contributed by atoms with van der Waals surface area (Å²) in [4.78, 5) is 12.5. The van der Waals surface area contributed by atoms with Crippen LogP contribution in [0.2, 0.25) is 0 Å². The Morgan fingerprint density at radius 2 is 1.77 bits per heavy atom. The molecule has 0 atom stereocenters. The lowest BCUT2D eigenvalue weighted by Gasteiger charge is -2.01. The summed E-state index contributed by atoms with van der Waals surface area (Å²) in [5, 5.41) is 10.6. The molecule has 7 nitrogen and oxygen atoms in total. The molecule has 0 bridgehead atoms. The molecule has 0 aliphatic heterocycles. The average molecular weight is 472 g/mol. The quantitative estimate of drug-likeness (QED) is 0.305. The molecule has 0 saturated heterocycles. The second-order valence-corrected chi connectivity index (χ2v) is 10.6. The molecule has 1 amide bonds. The van der Waals surface area contributed by atoms with Crippen LogP contribution in [0.3, 0.4) is 0 Å². The van der Waals surface area contributed by atoms with Gasteiger partial charge in [-0.2, -0.15) is 0 Å². The number of nitrogens with zero attached hydrogens (tertiary/aromatic N) is 2. The molecular weight excluding hydrogens is 454 g/mol. The monoisotopic (exact) mass is 471 g/mol. The Bertz CT molecular complexity index is 1300. The van der Waals surface area contributed by atoms with Crippen molar-refractivity contribution in [3.05, 3.63) is 83.6 Å². The van der Waals surface area contributed by atoms with Crippen LogP contribution in [0.15, 0.2) is 85.5 Å². The molecule has 4 rings (SSSR count). The van der Waals surface area contributed by atoms with Crippen molar-refractivity contribution in [1.82, 2.24) is 10.2 Å². The third-order valence-corrected chi connectivity index (χ3v) is 7.92. The molecule has 4 aromatic rings. The summed E-state index contributed by atoms with van der Waals surface area (Å²) in [7, 11) is -3.83. The van der Waals surface area contributed by atoms with Gasteiger partial charge in [-0.25, -0.2) is 8.42 Å². The average Bonchev–Trinajstić information content (AvgIpc) is 3.44. The van der Waals surface area contributed by atoms with Gasteiger partial charge in [0.1, 0.15) is 0 Å². The summed E-state index contributed by atoms with van der Waals surface area (Å²) < 4.78 is 31.2. The van der Waals surface area contributed by atoms with E-state index in [9.17, 15) is 13.2 Å². The van der Waals surface area contributed by atoms with Crippen LogP contribution in [0.25, 0.3) is 0 Å². The van der Waals surface area contributed by atoms with Gasteiger partial charge in [0.15, 0.2) is 10.1 Å². The first-order valence-electron chi connectivity index (χ1n) is 9.15. The Kier molecular flexibility index (Phi) is 6.21. The van der Waals surface area contributed by atoms with Crippen LogP contribution in [0, 0.1) is 6.92 Å². The van der Waals surface area contributed by atoms with Crippen molar-refractivity contribution in [3.8, 4) is 0 Å². The number of furan rings is 1. The van der Waals surface area contributed by atoms with E-state index in [-0.39, 0.29) is 15.7 Å². The van der Waals surface area contributed by atoms with Crippen LogP contribution < -0.4 is 5.32 Å². The molecule has 0 spiro atoms. The first kappa shape index (κ1) is 21.3. The molecule has 158 valence electrons. The van der Waals surface area contributed by atoms with Crippen molar-refractivity contribution in [2.75, 3.05) is 5.32 Å². The number of sulfone groups is 1. The SMILES string of the molecule is Cc1ccc(CSc2nnc(NC(=O)c3ccc(S(=O)(=O)c4ccccc4)o3)s2)cc1. The van der Waals surface area contributed by atoms with Crippen molar-refractivity contribution in [3.63, 3.8) is 0 Å². The molecule has 0 fully saturated rings. The highest BCUT2D eigenvalue weighted by molar-refractivity contribution is 8.00. The van der Waals surface area contributed by atoms with E-state index in [0.29, 0.717) is 9.47 Å². The molecule has 10 heteroatoms. The second-order valence-electron chi connectivity index (χ2n) is 6.54. The van der Waals surface area contributed by atoms with Crippen molar-refractivity contribution in [1.29, 1.82) is 0 Å². The number of benzene rings is 2. The van der Waals surface area contributed by atoms with Crippen LogP contribution >= 0.6 is 23.1 Å². The van der Waals surface area contributed by atoms with Crippen molar-refractivity contribution < 1.29 is 17.6 Å². The molecule has 0 unspecified atom stereocenters. The predicted octanol–water partition coefficient (Wildman–Crippen LogP) is 4.82. The highest BCUT2D eigenvalue weighted by Crippen LogP contribution is 2.29. The van der Waals surface area contributed by atoms with Gasteiger partial charge in [0.05, 0.1) is 4.90 Å². The number of thioether (sulfide) groups is 1. The smallest absolute Gasteiger partial charge is 0.293 e. The molecule has 0 saturated carbocycles.